The van der Waals surface area contributed by atoms with E-state index >= 15 is 0 Å². The molecule has 148 valence electrons. The average Bonchev–Trinajstić information content (AvgIpc) is 2.70. The summed E-state index contributed by atoms with van der Waals surface area (Å²) >= 11 is 0. The fourth-order valence-electron chi connectivity index (χ4n) is 2.98. The highest BCUT2D eigenvalue weighted by Crippen LogP contribution is 2.14. The molecule has 0 N–H and O–H groups in total. The number of methoxy groups -OCH3 is 1. The molecule has 0 spiro atoms. The Labute approximate surface area is 160 Å². The first kappa shape index (κ1) is 20.9. The molecule has 2 rings (SSSR count). The predicted molar refractivity (Wildman–Crippen MR) is 103 cm³/mol. The highest BCUT2D eigenvalue weighted by Gasteiger charge is 2.24. The van der Waals surface area contributed by atoms with Crippen molar-refractivity contribution in [2.45, 2.75) is 19.3 Å². The lowest BCUT2D eigenvalue weighted by Crippen LogP contribution is -2.50. The first-order valence-electron chi connectivity index (χ1n) is 9.28. The van der Waals surface area contributed by atoms with Crippen LogP contribution in [0.25, 0.3) is 0 Å². The smallest absolute Gasteiger partial charge is 0.223 e. The molecule has 0 aliphatic carbocycles. The van der Waals surface area contributed by atoms with E-state index in [1.165, 1.54) is 0 Å². The third kappa shape index (κ3) is 6.36. The number of piperazine rings is 1. The molecule has 0 saturated carbocycles. The predicted octanol–water partition coefficient (Wildman–Crippen LogP) is 1.28. The molecule has 1 saturated heterocycles. The minimum Gasteiger partial charge on any atom is -0.497 e. The van der Waals surface area contributed by atoms with Crippen LogP contribution in [0.3, 0.4) is 0 Å². The number of hydrogen-bond acceptors (Lipinski definition) is 5. The number of carbonyl (C=O) groups is 3. The number of nitrogens with zero attached hydrogens (tertiary/aromatic N) is 3. The summed E-state index contributed by atoms with van der Waals surface area (Å²) < 4.78 is 5.08. The van der Waals surface area contributed by atoms with Crippen molar-refractivity contribution < 1.29 is 19.1 Å². The molecule has 2 amide bonds. The molecule has 1 heterocycles. The SMILES string of the molecule is COc1ccc(C(=O)CCC(=O)N2CCN(C(=O)CCN(C)C)CC2)cc1. The standard InChI is InChI=1S/C20H29N3O4/c1-21(2)11-10-20(26)23-14-12-22(13-15-23)19(25)9-8-18(24)16-4-6-17(27-3)7-5-16/h4-7H,8-15H2,1-3H3. The van der Waals surface area contributed by atoms with Crippen LogP contribution < -0.4 is 4.74 Å². The van der Waals surface area contributed by atoms with Gasteiger partial charge in [0, 0.05) is 57.5 Å². The van der Waals surface area contributed by atoms with E-state index in [0.717, 1.165) is 6.54 Å². The lowest BCUT2D eigenvalue weighted by Gasteiger charge is -2.35. The van der Waals surface area contributed by atoms with Crippen molar-refractivity contribution in [1.82, 2.24) is 14.7 Å². The van der Waals surface area contributed by atoms with E-state index in [9.17, 15) is 14.4 Å². The van der Waals surface area contributed by atoms with Crippen LogP contribution in [0.1, 0.15) is 29.6 Å². The number of rotatable bonds is 8. The summed E-state index contributed by atoms with van der Waals surface area (Å²) in [6, 6.07) is 6.90. The Morgan fingerprint density at radius 1 is 0.889 bits per heavy atom. The van der Waals surface area contributed by atoms with E-state index < -0.39 is 0 Å². The van der Waals surface area contributed by atoms with Crippen molar-refractivity contribution in [2.75, 3.05) is 53.9 Å². The summed E-state index contributed by atoms with van der Waals surface area (Å²) in [5, 5.41) is 0. The van der Waals surface area contributed by atoms with Crippen molar-refractivity contribution in [3.63, 3.8) is 0 Å². The van der Waals surface area contributed by atoms with Crippen molar-refractivity contribution in [2.24, 2.45) is 0 Å². The average molecular weight is 375 g/mol. The molecule has 7 nitrogen and oxygen atoms in total. The van der Waals surface area contributed by atoms with Gasteiger partial charge in [0.05, 0.1) is 7.11 Å². The van der Waals surface area contributed by atoms with Gasteiger partial charge in [-0.15, -0.1) is 0 Å². The summed E-state index contributed by atoms with van der Waals surface area (Å²) in [5.41, 5.74) is 0.583. The molecule has 0 bridgehead atoms. The zero-order chi connectivity index (χ0) is 19.8. The Balaban J connectivity index is 1.74. The van der Waals surface area contributed by atoms with E-state index in [4.69, 9.17) is 4.74 Å². The number of carbonyl (C=O) groups excluding carboxylic acids is 3. The largest absolute Gasteiger partial charge is 0.497 e. The number of Topliss-reactive ketones (excluding diaryl/α,β-unsaturated/α-hetero) is 1. The van der Waals surface area contributed by atoms with Gasteiger partial charge in [-0.1, -0.05) is 0 Å². The molecular weight excluding hydrogens is 346 g/mol. The van der Waals surface area contributed by atoms with Gasteiger partial charge in [-0.05, 0) is 38.4 Å². The molecular formula is C20H29N3O4. The van der Waals surface area contributed by atoms with E-state index in [0.29, 0.717) is 43.9 Å². The Kier molecular flexibility index (Phi) is 7.79. The summed E-state index contributed by atoms with van der Waals surface area (Å²) in [7, 11) is 5.46. The summed E-state index contributed by atoms with van der Waals surface area (Å²) in [5.74, 6) is 0.742. The highest BCUT2D eigenvalue weighted by atomic mass is 16.5. The zero-order valence-corrected chi connectivity index (χ0v) is 16.4. The molecule has 0 aromatic heterocycles. The first-order valence-corrected chi connectivity index (χ1v) is 9.28. The second-order valence-corrected chi connectivity index (χ2v) is 6.97. The number of hydrogen-bond donors (Lipinski definition) is 0. The van der Waals surface area contributed by atoms with Gasteiger partial charge < -0.3 is 19.4 Å². The molecule has 1 aromatic rings. The van der Waals surface area contributed by atoms with Crippen LogP contribution in [0.2, 0.25) is 0 Å². The lowest BCUT2D eigenvalue weighted by atomic mass is 10.1. The number of amides is 2. The Bertz CT molecular complexity index is 650. The van der Waals surface area contributed by atoms with Crippen LogP contribution in [0, 0.1) is 0 Å². The maximum atomic E-state index is 12.4. The van der Waals surface area contributed by atoms with Crippen molar-refractivity contribution in [1.29, 1.82) is 0 Å². The van der Waals surface area contributed by atoms with Gasteiger partial charge in [0.25, 0.3) is 0 Å². The van der Waals surface area contributed by atoms with Crippen molar-refractivity contribution in [3.05, 3.63) is 29.8 Å². The van der Waals surface area contributed by atoms with Gasteiger partial charge in [0.15, 0.2) is 5.78 Å². The van der Waals surface area contributed by atoms with Gasteiger partial charge in [0.1, 0.15) is 5.75 Å². The third-order valence-corrected chi connectivity index (χ3v) is 4.74. The summed E-state index contributed by atoms with van der Waals surface area (Å²) in [6.07, 6.45) is 0.879. The molecule has 1 aliphatic heterocycles. The number of ketones is 1. The summed E-state index contributed by atoms with van der Waals surface area (Å²) in [4.78, 5) is 42.3. The van der Waals surface area contributed by atoms with Gasteiger partial charge in [-0.25, -0.2) is 0 Å². The number of ether oxygens (including phenoxy) is 1. The maximum absolute atomic E-state index is 12.4. The zero-order valence-electron chi connectivity index (χ0n) is 16.4. The molecule has 0 unspecified atom stereocenters. The van der Waals surface area contributed by atoms with Crippen LogP contribution >= 0.6 is 0 Å². The van der Waals surface area contributed by atoms with Crippen molar-refractivity contribution >= 4 is 17.6 Å². The lowest BCUT2D eigenvalue weighted by molar-refractivity contribution is -0.139. The fraction of sp³-hybridized carbons (Fsp3) is 0.550. The van der Waals surface area contributed by atoms with Gasteiger partial charge in [-0.2, -0.15) is 0 Å². The fourth-order valence-corrected chi connectivity index (χ4v) is 2.98. The number of benzene rings is 1. The normalized spacial score (nSPS) is 14.4. The maximum Gasteiger partial charge on any atom is 0.223 e. The molecule has 1 aliphatic rings. The van der Waals surface area contributed by atoms with Crippen LogP contribution in [0.4, 0.5) is 0 Å². The first-order chi connectivity index (χ1) is 12.9. The molecule has 27 heavy (non-hydrogen) atoms. The van der Waals surface area contributed by atoms with E-state index in [2.05, 4.69) is 0 Å². The van der Waals surface area contributed by atoms with Gasteiger partial charge in [0.2, 0.25) is 11.8 Å². The molecule has 1 aromatic carbocycles. The van der Waals surface area contributed by atoms with Crippen LogP contribution in [0.15, 0.2) is 24.3 Å². The summed E-state index contributed by atoms with van der Waals surface area (Å²) in [6.45, 7) is 2.91. The molecule has 0 atom stereocenters. The molecule has 1 fully saturated rings. The minimum atomic E-state index is -0.0523. The highest BCUT2D eigenvalue weighted by molar-refractivity contribution is 5.98. The van der Waals surface area contributed by atoms with E-state index in [1.54, 1.807) is 36.3 Å². The Hall–Kier alpha value is -2.41. The quantitative estimate of drug-likeness (QED) is 0.640. The second-order valence-electron chi connectivity index (χ2n) is 6.97. The Morgan fingerprint density at radius 3 is 1.89 bits per heavy atom. The topological polar surface area (TPSA) is 70.2 Å². The van der Waals surface area contributed by atoms with Gasteiger partial charge in [-0.3, -0.25) is 14.4 Å². The van der Waals surface area contributed by atoms with Crippen molar-refractivity contribution in [3.8, 4) is 5.75 Å². The molecule has 0 radical (unpaired) electrons. The van der Waals surface area contributed by atoms with Crippen LogP contribution in [0.5, 0.6) is 5.75 Å². The monoisotopic (exact) mass is 375 g/mol. The second kappa shape index (κ2) is 10.1. The van der Waals surface area contributed by atoms with E-state index in [-0.39, 0.29) is 30.4 Å². The van der Waals surface area contributed by atoms with E-state index in [1.807, 2.05) is 23.9 Å². The van der Waals surface area contributed by atoms with Crippen LogP contribution in [-0.4, -0.2) is 86.2 Å². The van der Waals surface area contributed by atoms with Gasteiger partial charge >= 0.3 is 0 Å². The van der Waals surface area contributed by atoms with Crippen LogP contribution in [-0.2, 0) is 9.59 Å². The minimum absolute atomic E-state index is 0.0303. The Morgan fingerprint density at radius 2 is 1.41 bits per heavy atom. The third-order valence-electron chi connectivity index (χ3n) is 4.74. The molecule has 7 heteroatoms.